The topological polar surface area (TPSA) is 29.5 Å². The molecule has 1 aromatic carbocycles. The molecular formula is C13H12BrFO2S. The highest BCUT2D eigenvalue weighted by Gasteiger charge is 2.14. The second kappa shape index (κ2) is 5.82. The Labute approximate surface area is 117 Å². The summed E-state index contributed by atoms with van der Waals surface area (Å²) in [5, 5.41) is 11.9. The van der Waals surface area contributed by atoms with Gasteiger partial charge in [0.25, 0.3) is 0 Å². The second-order valence-electron chi connectivity index (χ2n) is 3.84. The highest BCUT2D eigenvalue weighted by molar-refractivity contribution is 9.10. The maximum atomic E-state index is 13.6. The lowest BCUT2D eigenvalue weighted by Gasteiger charge is -2.09. The highest BCUT2D eigenvalue weighted by Crippen LogP contribution is 2.30. The maximum Gasteiger partial charge on any atom is 0.129 e. The van der Waals surface area contributed by atoms with Crippen LogP contribution >= 0.6 is 27.3 Å². The van der Waals surface area contributed by atoms with E-state index < -0.39 is 6.10 Å². The van der Waals surface area contributed by atoms with Gasteiger partial charge in [-0.25, -0.2) is 4.39 Å². The molecule has 1 atom stereocenters. The van der Waals surface area contributed by atoms with Gasteiger partial charge in [-0.1, -0.05) is 15.9 Å². The Morgan fingerprint density at radius 3 is 2.89 bits per heavy atom. The number of methoxy groups -OCH3 is 1. The van der Waals surface area contributed by atoms with Crippen LogP contribution in [-0.4, -0.2) is 12.2 Å². The molecule has 18 heavy (non-hydrogen) atoms. The van der Waals surface area contributed by atoms with Gasteiger partial charge in [0.15, 0.2) is 0 Å². The third-order valence-electron chi connectivity index (χ3n) is 2.58. The summed E-state index contributed by atoms with van der Waals surface area (Å²) in [7, 11) is 1.58. The fourth-order valence-electron chi connectivity index (χ4n) is 1.62. The van der Waals surface area contributed by atoms with Gasteiger partial charge in [-0.05, 0) is 29.8 Å². The predicted octanol–water partition coefficient (Wildman–Crippen LogP) is 3.93. The zero-order valence-corrected chi connectivity index (χ0v) is 12.1. The van der Waals surface area contributed by atoms with E-state index in [0.717, 1.165) is 9.35 Å². The molecule has 0 amide bonds. The summed E-state index contributed by atoms with van der Waals surface area (Å²) in [4.78, 5) is 0.770. The Morgan fingerprint density at radius 1 is 1.44 bits per heavy atom. The molecule has 2 nitrogen and oxygen atoms in total. The molecule has 0 aliphatic carbocycles. The van der Waals surface area contributed by atoms with Gasteiger partial charge in [-0.2, -0.15) is 0 Å². The van der Waals surface area contributed by atoms with Gasteiger partial charge < -0.3 is 9.84 Å². The first-order valence-electron chi connectivity index (χ1n) is 5.34. The first-order chi connectivity index (χ1) is 8.60. The molecule has 0 fully saturated rings. The van der Waals surface area contributed by atoms with Gasteiger partial charge in [0, 0.05) is 21.2 Å². The molecule has 5 heteroatoms. The molecule has 1 heterocycles. The molecule has 0 bridgehead atoms. The fraction of sp³-hybridized carbons (Fsp3) is 0.231. The summed E-state index contributed by atoms with van der Waals surface area (Å²) >= 11 is 4.69. The molecule has 1 N–H and O–H groups in total. The SMILES string of the molecule is COc1csc(C(O)Cc2cc(Br)ccc2F)c1. The quantitative estimate of drug-likeness (QED) is 0.920. The molecule has 1 aromatic heterocycles. The van der Waals surface area contributed by atoms with Gasteiger partial charge in [0.05, 0.1) is 13.2 Å². The first kappa shape index (κ1) is 13.5. The Balaban J connectivity index is 2.15. The predicted molar refractivity (Wildman–Crippen MR) is 73.6 cm³/mol. The van der Waals surface area contributed by atoms with Crippen LogP contribution < -0.4 is 4.74 Å². The summed E-state index contributed by atoms with van der Waals surface area (Å²) in [6.07, 6.45) is -0.475. The van der Waals surface area contributed by atoms with Crippen molar-refractivity contribution in [1.82, 2.24) is 0 Å². The average molecular weight is 331 g/mol. The molecular weight excluding hydrogens is 319 g/mol. The van der Waals surface area contributed by atoms with Crippen LogP contribution in [0.15, 0.2) is 34.1 Å². The summed E-state index contributed by atoms with van der Waals surface area (Å²) < 4.78 is 19.4. The van der Waals surface area contributed by atoms with Gasteiger partial charge in [0.2, 0.25) is 0 Å². The lowest BCUT2D eigenvalue weighted by atomic mass is 10.1. The molecule has 1 unspecified atom stereocenters. The van der Waals surface area contributed by atoms with E-state index in [9.17, 15) is 9.50 Å². The van der Waals surface area contributed by atoms with Crippen molar-refractivity contribution >= 4 is 27.3 Å². The van der Waals surface area contributed by atoms with Crippen LogP contribution in [0.5, 0.6) is 5.75 Å². The third-order valence-corrected chi connectivity index (χ3v) is 4.09. The fourth-order valence-corrected chi connectivity index (χ4v) is 2.87. The number of ether oxygens (including phenoxy) is 1. The first-order valence-corrected chi connectivity index (χ1v) is 7.02. The lowest BCUT2D eigenvalue weighted by molar-refractivity contribution is 0.180. The van der Waals surface area contributed by atoms with Gasteiger partial charge >= 0.3 is 0 Å². The minimum Gasteiger partial charge on any atom is -0.496 e. The van der Waals surface area contributed by atoms with Crippen molar-refractivity contribution in [3.8, 4) is 5.75 Å². The normalized spacial score (nSPS) is 12.4. The minimum absolute atomic E-state index is 0.245. The van der Waals surface area contributed by atoms with E-state index in [-0.39, 0.29) is 12.2 Å². The number of hydrogen-bond acceptors (Lipinski definition) is 3. The van der Waals surface area contributed by atoms with E-state index in [4.69, 9.17) is 4.74 Å². The number of aliphatic hydroxyl groups is 1. The van der Waals surface area contributed by atoms with Crippen molar-refractivity contribution < 1.29 is 14.2 Å². The number of benzene rings is 1. The second-order valence-corrected chi connectivity index (χ2v) is 5.70. The van der Waals surface area contributed by atoms with E-state index in [1.165, 1.54) is 17.4 Å². The van der Waals surface area contributed by atoms with Crippen LogP contribution in [0.25, 0.3) is 0 Å². The van der Waals surface area contributed by atoms with Crippen molar-refractivity contribution in [1.29, 1.82) is 0 Å². The molecule has 96 valence electrons. The van der Waals surface area contributed by atoms with Crippen molar-refractivity contribution in [2.24, 2.45) is 0 Å². The summed E-state index contributed by atoms with van der Waals surface area (Å²) in [6.45, 7) is 0. The molecule has 0 saturated carbocycles. The Hall–Kier alpha value is -0.910. The van der Waals surface area contributed by atoms with Crippen LogP contribution in [0, 0.1) is 5.82 Å². The summed E-state index contributed by atoms with van der Waals surface area (Å²) in [6, 6.07) is 6.48. The van der Waals surface area contributed by atoms with Crippen LogP contribution in [0.3, 0.4) is 0 Å². The molecule has 2 rings (SSSR count). The zero-order valence-electron chi connectivity index (χ0n) is 9.69. The Morgan fingerprint density at radius 2 is 2.22 bits per heavy atom. The van der Waals surface area contributed by atoms with Crippen molar-refractivity contribution in [3.63, 3.8) is 0 Å². The molecule has 0 spiro atoms. The van der Waals surface area contributed by atoms with E-state index in [2.05, 4.69) is 15.9 Å². The molecule has 0 aliphatic rings. The van der Waals surface area contributed by atoms with Crippen molar-refractivity contribution in [2.75, 3.05) is 7.11 Å². The van der Waals surface area contributed by atoms with Gasteiger partial charge in [-0.3, -0.25) is 0 Å². The van der Waals surface area contributed by atoms with Crippen LogP contribution in [0.2, 0.25) is 0 Å². The monoisotopic (exact) mass is 330 g/mol. The van der Waals surface area contributed by atoms with Gasteiger partial charge in [0.1, 0.15) is 11.6 Å². The molecule has 2 aromatic rings. The third kappa shape index (κ3) is 3.10. The molecule has 0 radical (unpaired) electrons. The molecule has 0 aliphatic heterocycles. The number of rotatable bonds is 4. The lowest BCUT2D eigenvalue weighted by Crippen LogP contribution is -2.01. The van der Waals surface area contributed by atoms with E-state index in [1.54, 1.807) is 25.3 Å². The maximum absolute atomic E-state index is 13.6. The van der Waals surface area contributed by atoms with Crippen molar-refractivity contribution in [2.45, 2.75) is 12.5 Å². The van der Waals surface area contributed by atoms with Crippen LogP contribution in [0.1, 0.15) is 16.5 Å². The minimum atomic E-state index is -0.720. The van der Waals surface area contributed by atoms with E-state index >= 15 is 0 Å². The van der Waals surface area contributed by atoms with Crippen LogP contribution in [-0.2, 0) is 6.42 Å². The number of aliphatic hydroxyl groups excluding tert-OH is 1. The highest BCUT2D eigenvalue weighted by atomic mass is 79.9. The Kier molecular flexibility index (Phi) is 4.37. The zero-order chi connectivity index (χ0) is 13.1. The standard InChI is InChI=1S/C13H12BrFO2S/c1-17-10-6-13(18-7-10)12(16)5-8-4-9(14)2-3-11(8)15/h2-4,6-7,12,16H,5H2,1H3. The smallest absolute Gasteiger partial charge is 0.129 e. The van der Waals surface area contributed by atoms with E-state index in [0.29, 0.717) is 11.3 Å². The average Bonchev–Trinajstić information content (AvgIpc) is 2.82. The molecule has 0 saturated heterocycles. The summed E-state index contributed by atoms with van der Waals surface area (Å²) in [5.41, 5.74) is 0.490. The number of hydrogen-bond donors (Lipinski definition) is 1. The van der Waals surface area contributed by atoms with Crippen LogP contribution in [0.4, 0.5) is 4.39 Å². The number of thiophene rings is 1. The van der Waals surface area contributed by atoms with Gasteiger partial charge in [-0.15, -0.1) is 11.3 Å². The van der Waals surface area contributed by atoms with Crippen molar-refractivity contribution in [3.05, 3.63) is 50.4 Å². The largest absolute Gasteiger partial charge is 0.496 e. The Bertz CT molecular complexity index is 542. The number of halogens is 2. The van der Waals surface area contributed by atoms with E-state index in [1.807, 2.05) is 5.38 Å². The summed E-state index contributed by atoms with van der Waals surface area (Å²) in [5.74, 6) is 0.407.